The van der Waals surface area contributed by atoms with Gasteiger partial charge in [-0.15, -0.1) is 0 Å². The number of hydrogen-bond acceptors (Lipinski definition) is 4. The van der Waals surface area contributed by atoms with Crippen molar-refractivity contribution in [1.29, 1.82) is 0 Å². The van der Waals surface area contributed by atoms with Crippen molar-refractivity contribution in [2.45, 2.75) is 32.1 Å². The van der Waals surface area contributed by atoms with Crippen molar-refractivity contribution >= 4 is 10.1 Å². The third-order valence-electron chi connectivity index (χ3n) is 2.88. The van der Waals surface area contributed by atoms with Gasteiger partial charge in [-0.3, -0.25) is 4.18 Å². The molecule has 0 radical (unpaired) electrons. The molecule has 0 spiro atoms. The maximum atomic E-state index is 11.8. The normalized spacial score (nSPS) is 13.4. The highest BCUT2D eigenvalue weighted by molar-refractivity contribution is 7.86. The van der Waals surface area contributed by atoms with Gasteiger partial charge in [-0.25, -0.2) is 0 Å². The fourth-order valence-electron chi connectivity index (χ4n) is 1.38. The third-order valence-corrected chi connectivity index (χ3v) is 4.20. The van der Waals surface area contributed by atoms with Crippen LogP contribution in [0.3, 0.4) is 0 Å². The molecule has 19 heavy (non-hydrogen) atoms. The van der Waals surface area contributed by atoms with E-state index < -0.39 is 10.1 Å². The highest BCUT2D eigenvalue weighted by Crippen LogP contribution is 2.13. The lowest BCUT2D eigenvalue weighted by Crippen LogP contribution is -2.13. The van der Waals surface area contributed by atoms with Crippen LogP contribution in [0.2, 0.25) is 0 Å². The molecule has 1 aromatic rings. The number of rotatable bonds is 8. The van der Waals surface area contributed by atoms with Gasteiger partial charge in [-0.05, 0) is 25.0 Å². The Labute approximate surface area is 115 Å². The Kier molecular flexibility index (Phi) is 6.48. The zero-order valence-corrected chi connectivity index (χ0v) is 12.6. The first-order valence-corrected chi connectivity index (χ1v) is 7.90. The summed E-state index contributed by atoms with van der Waals surface area (Å²) in [6.45, 7) is 7.04. The van der Waals surface area contributed by atoms with E-state index in [9.17, 15) is 8.42 Å². The summed E-state index contributed by atoms with van der Waals surface area (Å²) in [5.41, 5.74) is 1.01. The Morgan fingerprint density at radius 1 is 1.16 bits per heavy atom. The summed E-state index contributed by atoms with van der Waals surface area (Å²) in [5, 5.41) is 0. The lowest BCUT2D eigenvalue weighted by molar-refractivity contribution is 0.0787. The maximum Gasteiger partial charge on any atom is 0.297 e. The Hall–Kier alpha value is -0.910. The van der Waals surface area contributed by atoms with Gasteiger partial charge in [0.05, 0.1) is 18.1 Å². The lowest BCUT2D eigenvalue weighted by Gasteiger charge is -2.10. The molecular formula is C14H22O4S. The minimum Gasteiger partial charge on any atom is -0.379 e. The Morgan fingerprint density at radius 3 is 2.37 bits per heavy atom. The minimum absolute atomic E-state index is 0.0483. The summed E-state index contributed by atoms with van der Waals surface area (Å²) in [6.07, 6.45) is 1.04. The van der Waals surface area contributed by atoms with E-state index in [2.05, 4.69) is 13.8 Å². The number of hydrogen-bond donors (Lipinski definition) is 0. The van der Waals surface area contributed by atoms with Crippen molar-refractivity contribution in [3.05, 3.63) is 29.8 Å². The van der Waals surface area contributed by atoms with Crippen molar-refractivity contribution in [3.63, 3.8) is 0 Å². The molecule has 0 heterocycles. The number of aryl methyl sites for hydroxylation is 1. The molecule has 5 heteroatoms. The lowest BCUT2D eigenvalue weighted by atomic mass is 10.1. The Bertz CT molecular complexity index is 465. The first kappa shape index (κ1) is 16.1. The van der Waals surface area contributed by atoms with Crippen molar-refractivity contribution in [2.24, 2.45) is 5.92 Å². The fourth-order valence-corrected chi connectivity index (χ4v) is 2.27. The van der Waals surface area contributed by atoms with Crippen molar-refractivity contribution < 1.29 is 17.3 Å². The summed E-state index contributed by atoms with van der Waals surface area (Å²) in [5.74, 6) is 0.480. The van der Waals surface area contributed by atoms with Crippen LogP contribution in [-0.2, 0) is 19.0 Å². The molecule has 1 rings (SSSR count). The summed E-state index contributed by atoms with van der Waals surface area (Å²) in [7, 11) is -3.66. The van der Waals surface area contributed by atoms with Crippen LogP contribution in [-0.4, -0.2) is 28.2 Å². The average Bonchev–Trinajstić information content (AvgIpc) is 2.38. The second-order valence-corrected chi connectivity index (χ2v) is 6.29. The summed E-state index contributed by atoms with van der Waals surface area (Å²) < 4.78 is 33.9. The van der Waals surface area contributed by atoms with Crippen LogP contribution in [0, 0.1) is 12.8 Å². The SMILES string of the molecule is CCC(C)COCCOS(=O)(=O)c1ccc(C)cc1. The molecule has 1 unspecified atom stereocenters. The fraction of sp³-hybridized carbons (Fsp3) is 0.571. The summed E-state index contributed by atoms with van der Waals surface area (Å²) in [6, 6.07) is 6.58. The molecule has 108 valence electrons. The van der Waals surface area contributed by atoms with E-state index in [1.807, 2.05) is 6.92 Å². The minimum atomic E-state index is -3.66. The van der Waals surface area contributed by atoms with Gasteiger partial charge in [0.1, 0.15) is 0 Å². The Balaban J connectivity index is 2.37. The van der Waals surface area contributed by atoms with E-state index >= 15 is 0 Å². The van der Waals surface area contributed by atoms with Gasteiger partial charge in [-0.1, -0.05) is 38.0 Å². The molecule has 0 aliphatic heterocycles. The highest BCUT2D eigenvalue weighted by Gasteiger charge is 2.14. The molecule has 0 amide bonds. The maximum absolute atomic E-state index is 11.8. The quantitative estimate of drug-likeness (QED) is 0.544. The molecule has 0 aliphatic rings. The van der Waals surface area contributed by atoms with Gasteiger partial charge in [-0.2, -0.15) is 8.42 Å². The van der Waals surface area contributed by atoms with Crippen LogP contribution in [0.25, 0.3) is 0 Å². The molecule has 1 aromatic carbocycles. The molecular weight excluding hydrogens is 264 g/mol. The van der Waals surface area contributed by atoms with Crippen molar-refractivity contribution in [3.8, 4) is 0 Å². The zero-order valence-electron chi connectivity index (χ0n) is 11.8. The van der Waals surface area contributed by atoms with Crippen molar-refractivity contribution in [1.82, 2.24) is 0 Å². The van der Waals surface area contributed by atoms with E-state index in [1.54, 1.807) is 24.3 Å². The first-order chi connectivity index (χ1) is 8.95. The van der Waals surface area contributed by atoms with Gasteiger partial charge in [0, 0.05) is 6.61 Å². The molecule has 1 atom stereocenters. The summed E-state index contributed by atoms with van der Waals surface area (Å²) in [4.78, 5) is 0.181. The van der Waals surface area contributed by atoms with E-state index in [4.69, 9.17) is 8.92 Å². The van der Waals surface area contributed by atoms with E-state index in [-0.39, 0.29) is 18.1 Å². The van der Waals surface area contributed by atoms with Crippen molar-refractivity contribution in [2.75, 3.05) is 19.8 Å². The smallest absolute Gasteiger partial charge is 0.297 e. The average molecular weight is 286 g/mol. The van der Waals surface area contributed by atoms with Crippen LogP contribution in [0.15, 0.2) is 29.2 Å². The van der Waals surface area contributed by atoms with Gasteiger partial charge < -0.3 is 4.74 Å². The molecule has 0 saturated carbocycles. The zero-order chi connectivity index (χ0) is 14.3. The molecule has 0 bridgehead atoms. The predicted molar refractivity (Wildman–Crippen MR) is 74.6 cm³/mol. The molecule has 0 aliphatic carbocycles. The van der Waals surface area contributed by atoms with E-state index in [0.717, 1.165) is 12.0 Å². The topological polar surface area (TPSA) is 52.6 Å². The number of ether oxygens (including phenoxy) is 1. The molecule has 0 aromatic heterocycles. The largest absolute Gasteiger partial charge is 0.379 e. The van der Waals surface area contributed by atoms with Gasteiger partial charge in [0.15, 0.2) is 0 Å². The van der Waals surface area contributed by atoms with Crippen LogP contribution in [0.4, 0.5) is 0 Å². The third kappa shape index (κ3) is 5.72. The molecule has 4 nitrogen and oxygen atoms in total. The highest BCUT2D eigenvalue weighted by atomic mass is 32.2. The number of benzene rings is 1. The van der Waals surface area contributed by atoms with Gasteiger partial charge >= 0.3 is 0 Å². The predicted octanol–water partition coefficient (Wildman–Crippen LogP) is 2.76. The summed E-state index contributed by atoms with van der Waals surface area (Å²) >= 11 is 0. The second-order valence-electron chi connectivity index (χ2n) is 4.68. The monoisotopic (exact) mass is 286 g/mol. The first-order valence-electron chi connectivity index (χ1n) is 6.49. The standard InChI is InChI=1S/C14H22O4S/c1-4-12(2)11-17-9-10-18-19(15,16)14-7-5-13(3)6-8-14/h5-8,12H,4,9-11H2,1-3H3. The molecule has 0 N–H and O–H groups in total. The second kappa shape index (κ2) is 7.62. The van der Waals surface area contributed by atoms with E-state index in [0.29, 0.717) is 12.5 Å². The van der Waals surface area contributed by atoms with Crippen LogP contribution >= 0.6 is 0 Å². The van der Waals surface area contributed by atoms with Gasteiger partial charge in [0.25, 0.3) is 10.1 Å². The van der Waals surface area contributed by atoms with Gasteiger partial charge in [0.2, 0.25) is 0 Å². The molecule has 0 saturated heterocycles. The van der Waals surface area contributed by atoms with Crippen LogP contribution in [0.5, 0.6) is 0 Å². The molecule has 0 fully saturated rings. The van der Waals surface area contributed by atoms with E-state index in [1.165, 1.54) is 0 Å². The van der Waals surface area contributed by atoms with Crippen LogP contribution < -0.4 is 0 Å². The van der Waals surface area contributed by atoms with Crippen LogP contribution in [0.1, 0.15) is 25.8 Å². The Morgan fingerprint density at radius 2 is 1.79 bits per heavy atom.